The van der Waals surface area contributed by atoms with E-state index in [1.807, 2.05) is 26.8 Å². The van der Waals surface area contributed by atoms with Crippen molar-refractivity contribution in [2.24, 2.45) is 0 Å². The smallest absolute Gasteiger partial charge is 0.125 e. The van der Waals surface area contributed by atoms with Crippen LogP contribution in [0, 0.1) is 0 Å². The van der Waals surface area contributed by atoms with Gasteiger partial charge in [0.05, 0.1) is 0 Å². The maximum atomic E-state index is 13.4. The van der Waals surface area contributed by atoms with Crippen LogP contribution in [0.5, 0.6) is 0 Å². The van der Waals surface area contributed by atoms with Crippen molar-refractivity contribution < 1.29 is 4.39 Å². The quantitative estimate of drug-likeness (QED) is 0.442. The molecule has 0 unspecified atom stereocenters. The molecule has 0 spiro atoms. The lowest BCUT2D eigenvalue weighted by Gasteiger charge is -2.07. The topological polar surface area (TPSA) is 0 Å². The van der Waals surface area contributed by atoms with E-state index < -0.39 is 0 Å². The number of rotatable bonds is 4. The van der Waals surface area contributed by atoms with Crippen molar-refractivity contribution in [3.8, 4) is 0 Å². The summed E-state index contributed by atoms with van der Waals surface area (Å²) in [7, 11) is 0. The van der Waals surface area contributed by atoms with Gasteiger partial charge in [0.1, 0.15) is 5.83 Å². The van der Waals surface area contributed by atoms with Crippen molar-refractivity contribution in [3.05, 3.63) is 35.2 Å². The zero-order valence-electron chi connectivity index (χ0n) is 9.08. The molecule has 0 amide bonds. The van der Waals surface area contributed by atoms with Crippen LogP contribution in [0.15, 0.2) is 35.2 Å². The molecule has 0 aliphatic carbocycles. The Balaban J connectivity index is 4.69. The van der Waals surface area contributed by atoms with Crippen molar-refractivity contribution in [1.29, 1.82) is 0 Å². The molecule has 0 aliphatic heterocycles. The van der Waals surface area contributed by atoms with Crippen LogP contribution in [0.25, 0.3) is 0 Å². The Kier molecular flexibility index (Phi) is 5.36. The molecule has 0 aliphatic rings. The summed E-state index contributed by atoms with van der Waals surface area (Å²) in [5, 5.41) is 0. The Morgan fingerprint density at radius 1 is 1.38 bits per heavy atom. The minimum absolute atomic E-state index is 0.122. The Labute approximate surface area is 80.9 Å². The average Bonchev–Trinajstić information content (AvgIpc) is 2.12. The fourth-order valence-corrected chi connectivity index (χ4v) is 1.10. The molecule has 0 aromatic carbocycles. The van der Waals surface area contributed by atoms with Crippen LogP contribution in [0.4, 0.5) is 4.39 Å². The first kappa shape index (κ1) is 12.2. The van der Waals surface area contributed by atoms with Gasteiger partial charge >= 0.3 is 0 Å². The summed E-state index contributed by atoms with van der Waals surface area (Å²) < 4.78 is 13.4. The van der Waals surface area contributed by atoms with Gasteiger partial charge < -0.3 is 0 Å². The third kappa shape index (κ3) is 4.07. The maximum absolute atomic E-state index is 13.4. The highest BCUT2D eigenvalue weighted by Gasteiger charge is 2.05. The molecule has 0 aromatic rings. The number of hydrogen-bond acceptors (Lipinski definition) is 0. The summed E-state index contributed by atoms with van der Waals surface area (Å²) in [4.78, 5) is 0. The second-order valence-corrected chi connectivity index (χ2v) is 3.36. The minimum Gasteiger partial charge on any atom is -0.207 e. The normalized spacial score (nSPS) is 14.1. The van der Waals surface area contributed by atoms with Crippen molar-refractivity contribution in [3.63, 3.8) is 0 Å². The second-order valence-electron chi connectivity index (χ2n) is 3.36. The van der Waals surface area contributed by atoms with Gasteiger partial charge in [-0.2, -0.15) is 0 Å². The molecule has 0 saturated carbocycles. The van der Waals surface area contributed by atoms with Crippen LogP contribution in [0.1, 0.15) is 40.5 Å². The number of hydrogen-bond donors (Lipinski definition) is 0. The van der Waals surface area contributed by atoms with Gasteiger partial charge in [0.2, 0.25) is 0 Å². The standard InChI is InChI=1S/C12H19F/c1-6-10(5)8-11(7-2)12(13)9(3)4/h6H,3,7-8H2,1-2,4-5H3. The van der Waals surface area contributed by atoms with Gasteiger partial charge in [-0.3, -0.25) is 0 Å². The van der Waals surface area contributed by atoms with E-state index in [-0.39, 0.29) is 5.83 Å². The van der Waals surface area contributed by atoms with Crippen LogP contribution in [0.3, 0.4) is 0 Å². The third-order valence-electron chi connectivity index (χ3n) is 2.10. The van der Waals surface area contributed by atoms with Gasteiger partial charge in [0, 0.05) is 0 Å². The molecule has 74 valence electrons. The van der Waals surface area contributed by atoms with E-state index in [1.165, 1.54) is 5.57 Å². The molecular formula is C12H19F. The van der Waals surface area contributed by atoms with Crippen LogP contribution >= 0.6 is 0 Å². The molecule has 0 bridgehead atoms. The Morgan fingerprint density at radius 2 is 1.92 bits per heavy atom. The number of halogens is 1. The Bertz CT molecular complexity index is 244. The van der Waals surface area contributed by atoms with Gasteiger partial charge in [-0.1, -0.05) is 25.2 Å². The first-order valence-corrected chi connectivity index (χ1v) is 4.68. The molecule has 0 nitrogen and oxygen atoms in total. The van der Waals surface area contributed by atoms with Crippen LogP contribution in [-0.4, -0.2) is 0 Å². The Hall–Kier alpha value is -0.850. The molecule has 0 fully saturated rings. The van der Waals surface area contributed by atoms with Crippen molar-refractivity contribution in [1.82, 2.24) is 0 Å². The summed E-state index contributed by atoms with van der Waals surface area (Å²) in [6.45, 7) is 11.3. The van der Waals surface area contributed by atoms with Crippen molar-refractivity contribution in [2.75, 3.05) is 0 Å². The molecule has 0 radical (unpaired) electrons. The minimum atomic E-state index is -0.122. The van der Waals surface area contributed by atoms with E-state index in [4.69, 9.17) is 0 Å². The van der Waals surface area contributed by atoms with Crippen LogP contribution < -0.4 is 0 Å². The van der Waals surface area contributed by atoms with Crippen LogP contribution in [0.2, 0.25) is 0 Å². The molecule has 1 heteroatoms. The van der Waals surface area contributed by atoms with E-state index in [2.05, 4.69) is 6.58 Å². The van der Waals surface area contributed by atoms with Gasteiger partial charge in [-0.25, -0.2) is 4.39 Å². The van der Waals surface area contributed by atoms with Gasteiger partial charge in [-0.05, 0) is 44.8 Å². The van der Waals surface area contributed by atoms with Crippen LogP contribution in [-0.2, 0) is 0 Å². The van der Waals surface area contributed by atoms with Crippen molar-refractivity contribution in [2.45, 2.75) is 40.5 Å². The SMILES string of the molecule is C=C(C)C(F)=C(CC)CC(C)=CC. The average molecular weight is 182 g/mol. The lowest BCUT2D eigenvalue weighted by molar-refractivity contribution is 0.627. The molecule has 0 aromatic heterocycles. The number of allylic oxidation sites excluding steroid dienone is 5. The molecule has 0 saturated heterocycles. The largest absolute Gasteiger partial charge is 0.207 e. The highest BCUT2D eigenvalue weighted by atomic mass is 19.1. The highest BCUT2D eigenvalue weighted by Crippen LogP contribution is 2.23. The van der Waals surface area contributed by atoms with E-state index in [0.717, 1.165) is 18.4 Å². The maximum Gasteiger partial charge on any atom is 0.125 e. The molecule has 0 heterocycles. The van der Waals surface area contributed by atoms with Gasteiger partial charge in [0.15, 0.2) is 0 Å². The summed E-state index contributed by atoms with van der Waals surface area (Å²) in [6.07, 6.45) is 3.50. The zero-order chi connectivity index (χ0) is 10.4. The van der Waals surface area contributed by atoms with E-state index in [1.54, 1.807) is 6.92 Å². The fourth-order valence-electron chi connectivity index (χ4n) is 1.10. The lowest BCUT2D eigenvalue weighted by atomic mass is 10.0. The lowest BCUT2D eigenvalue weighted by Crippen LogP contribution is -1.89. The van der Waals surface area contributed by atoms with E-state index >= 15 is 0 Å². The summed E-state index contributed by atoms with van der Waals surface area (Å²) >= 11 is 0. The van der Waals surface area contributed by atoms with Gasteiger partial charge in [0.25, 0.3) is 0 Å². The Morgan fingerprint density at radius 3 is 2.23 bits per heavy atom. The molecule has 13 heavy (non-hydrogen) atoms. The zero-order valence-corrected chi connectivity index (χ0v) is 9.08. The first-order chi connectivity index (χ1) is 6.02. The van der Waals surface area contributed by atoms with Gasteiger partial charge in [-0.15, -0.1) is 0 Å². The van der Waals surface area contributed by atoms with E-state index in [0.29, 0.717) is 5.57 Å². The third-order valence-corrected chi connectivity index (χ3v) is 2.10. The predicted octanol–water partition coefficient (Wildman–Crippen LogP) is 4.55. The summed E-state index contributed by atoms with van der Waals surface area (Å²) in [5.41, 5.74) is 2.58. The van der Waals surface area contributed by atoms with Crippen molar-refractivity contribution >= 4 is 0 Å². The molecule has 0 N–H and O–H groups in total. The monoisotopic (exact) mass is 182 g/mol. The first-order valence-electron chi connectivity index (χ1n) is 4.68. The van der Waals surface area contributed by atoms with E-state index in [9.17, 15) is 4.39 Å². The fraction of sp³-hybridized carbons (Fsp3) is 0.500. The highest BCUT2D eigenvalue weighted by molar-refractivity contribution is 5.28. The summed E-state index contributed by atoms with van der Waals surface area (Å²) in [5.74, 6) is -0.122. The summed E-state index contributed by atoms with van der Waals surface area (Å²) in [6, 6.07) is 0. The molecular weight excluding hydrogens is 163 g/mol. The second kappa shape index (κ2) is 5.74. The molecule has 0 rings (SSSR count). The molecule has 0 atom stereocenters. The predicted molar refractivity (Wildman–Crippen MR) is 57.3 cm³/mol.